The number of thiophene rings is 1. The first-order valence-corrected chi connectivity index (χ1v) is 7.24. The minimum atomic E-state index is -0.0174. The number of hydrogen-bond acceptors (Lipinski definition) is 3. The van der Waals surface area contributed by atoms with Crippen LogP contribution in [-0.4, -0.2) is 6.04 Å². The smallest absolute Gasteiger partial charge is 0.162 e. The van der Waals surface area contributed by atoms with E-state index >= 15 is 0 Å². The van der Waals surface area contributed by atoms with Gasteiger partial charge < -0.3 is 10.1 Å². The molecule has 1 aromatic carbocycles. The third-order valence-corrected chi connectivity index (χ3v) is 4.35. The maximum absolute atomic E-state index is 6.18. The maximum Gasteiger partial charge on any atom is 0.162 e. The largest absolute Gasteiger partial charge is 0.479 e. The van der Waals surface area contributed by atoms with Gasteiger partial charge in [-0.15, -0.1) is 11.3 Å². The highest BCUT2D eigenvalue weighted by atomic mass is 35.5. The molecule has 0 bridgehead atoms. The van der Waals surface area contributed by atoms with E-state index in [1.807, 2.05) is 17.5 Å². The molecular formula is C13H11Cl2NOS. The second-order valence-corrected chi connectivity index (χ2v) is 6.07. The summed E-state index contributed by atoms with van der Waals surface area (Å²) in [5.41, 5.74) is 0.854. The van der Waals surface area contributed by atoms with Crippen LogP contribution in [0.4, 0.5) is 5.69 Å². The Bertz CT molecular complexity index is 571. The molecular weight excluding hydrogens is 289 g/mol. The summed E-state index contributed by atoms with van der Waals surface area (Å²) in [5, 5.41) is 6.59. The average Bonchev–Trinajstić information content (AvgIpc) is 2.81. The number of halogens is 2. The van der Waals surface area contributed by atoms with E-state index in [2.05, 4.69) is 18.3 Å². The Hall–Kier alpha value is -0.900. The van der Waals surface area contributed by atoms with Gasteiger partial charge in [-0.1, -0.05) is 29.3 Å². The molecule has 0 saturated carbocycles. The summed E-state index contributed by atoms with van der Waals surface area (Å²) in [6.45, 7) is 2.09. The standard InChI is InChI=1S/C13H11Cl2NOS/c1-7-12(11-3-2-4-18-11)17-13-9(15)5-8(14)6-10(13)16-7/h2-7,12,16H,1H3. The minimum absolute atomic E-state index is 0.0174. The quantitative estimate of drug-likeness (QED) is 0.801. The first kappa shape index (κ1) is 12.2. The summed E-state index contributed by atoms with van der Waals surface area (Å²) >= 11 is 13.8. The van der Waals surface area contributed by atoms with Crippen molar-refractivity contribution < 1.29 is 4.74 Å². The van der Waals surface area contributed by atoms with Crippen molar-refractivity contribution in [3.63, 3.8) is 0 Å². The zero-order chi connectivity index (χ0) is 12.7. The van der Waals surface area contributed by atoms with E-state index in [4.69, 9.17) is 27.9 Å². The van der Waals surface area contributed by atoms with Gasteiger partial charge in [0.25, 0.3) is 0 Å². The molecule has 3 rings (SSSR count). The van der Waals surface area contributed by atoms with Crippen LogP contribution < -0.4 is 10.1 Å². The molecule has 1 aliphatic rings. The molecule has 94 valence electrons. The van der Waals surface area contributed by atoms with Crippen LogP contribution in [0.25, 0.3) is 0 Å². The average molecular weight is 300 g/mol. The van der Waals surface area contributed by atoms with Gasteiger partial charge in [-0.05, 0) is 30.5 Å². The van der Waals surface area contributed by atoms with Crippen molar-refractivity contribution >= 4 is 40.2 Å². The molecule has 1 aromatic heterocycles. The number of nitrogens with one attached hydrogen (secondary N) is 1. The Morgan fingerprint density at radius 3 is 2.89 bits per heavy atom. The summed E-state index contributed by atoms with van der Waals surface area (Å²) < 4.78 is 6.03. The van der Waals surface area contributed by atoms with Crippen LogP contribution in [0, 0.1) is 0 Å². The number of fused-ring (bicyclic) bond motifs is 1. The lowest BCUT2D eigenvalue weighted by molar-refractivity contribution is 0.181. The van der Waals surface area contributed by atoms with Crippen LogP contribution in [0.5, 0.6) is 5.75 Å². The maximum atomic E-state index is 6.18. The summed E-state index contributed by atoms with van der Waals surface area (Å²) in [5.74, 6) is 0.678. The van der Waals surface area contributed by atoms with Crippen LogP contribution in [0.15, 0.2) is 29.6 Å². The molecule has 2 atom stereocenters. The summed E-state index contributed by atoms with van der Waals surface area (Å²) in [7, 11) is 0. The SMILES string of the molecule is CC1Nc2cc(Cl)cc(Cl)c2OC1c1cccs1. The molecule has 0 radical (unpaired) electrons. The van der Waals surface area contributed by atoms with E-state index in [1.165, 1.54) is 4.88 Å². The predicted molar refractivity (Wildman–Crippen MR) is 77.2 cm³/mol. The Morgan fingerprint density at radius 2 is 2.17 bits per heavy atom. The monoisotopic (exact) mass is 299 g/mol. The van der Waals surface area contributed by atoms with Crippen LogP contribution >= 0.6 is 34.5 Å². The van der Waals surface area contributed by atoms with Crippen molar-refractivity contribution in [3.05, 3.63) is 44.6 Å². The number of benzene rings is 1. The van der Waals surface area contributed by atoms with Crippen molar-refractivity contribution in [2.24, 2.45) is 0 Å². The summed E-state index contributed by atoms with van der Waals surface area (Å²) in [6.07, 6.45) is -0.0174. The summed E-state index contributed by atoms with van der Waals surface area (Å²) in [4.78, 5) is 1.19. The second kappa shape index (κ2) is 4.65. The molecule has 2 unspecified atom stereocenters. The fourth-order valence-corrected chi connectivity index (χ4v) is 3.49. The van der Waals surface area contributed by atoms with Gasteiger partial charge in [0.05, 0.1) is 16.8 Å². The lowest BCUT2D eigenvalue weighted by Gasteiger charge is -2.33. The van der Waals surface area contributed by atoms with Crippen molar-refractivity contribution in [2.75, 3.05) is 5.32 Å². The second-order valence-electron chi connectivity index (χ2n) is 4.25. The molecule has 2 aromatic rings. The third kappa shape index (κ3) is 2.07. The minimum Gasteiger partial charge on any atom is -0.479 e. The van der Waals surface area contributed by atoms with Gasteiger partial charge in [0.1, 0.15) is 0 Å². The molecule has 2 heterocycles. The van der Waals surface area contributed by atoms with E-state index in [-0.39, 0.29) is 12.1 Å². The highest BCUT2D eigenvalue weighted by molar-refractivity contribution is 7.10. The van der Waals surface area contributed by atoms with Gasteiger partial charge in [0, 0.05) is 9.90 Å². The van der Waals surface area contributed by atoms with E-state index in [9.17, 15) is 0 Å². The van der Waals surface area contributed by atoms with Gasteiger partial charge in [-0.25, -0.2) is 0 Å². The number of ether oxygens (including phenoxy) is 1. The van der Waals surface area contributed by atoms with Gasteiger partial charge >= 0.3 is 0 Å². The molecule has 0 spiro atoms. The molecule has 5 heteroatoms. The highest BCUT2D eigenvalue weighted by Gasteiger charge is 2.30. The number of hydrogen-bond donors (Lipinski definition) is 1. The van der Waals surface area contributed by atoms with Crippen molar-refractivity contribution in [2.45, 2.75) is 19.1 Å². The van der Waals surface area contributed by atoms with Gasteiger partial charge in [-0.2, -0.15) is 0 Å². The Labute approximate surface area is 119 Å². The molecule has 2 nitrogen and oxygen atoms in total. The summed E-state index contributed by atoms with van der Waals surface area (Å²) in [6, 6.07) is 7.80. The lowest BCUT2D eigenvalue weighted by atomic mass is 10.1. The normalized spacial score (nSPS) is 21.9. The van der Waals surface area contributed by atoms with Crippen molar-refractivity contribution in [1.29, 1.82) is 0 Å². The van der Waals surface area contributed by atoms with Crippen LogP contribution in [0.3, 0.4) is 0 Å². The lowest BCUT2D eigenvalue weighted by Crippen LogP contribution is -2.32. The zero-order valence-corrected chi connectivity index (χ0v) is 11.9. The van der Waals surface area contributed by atoms with E-state index < -0.39 is 0 Å². The molecule has 0 saturated heterocycles. The van der Waals surface area contributed by atoms with Gasteiger partial charge in [0.2, 0.25) is 0 Å². The molecule has 0 fully saturated rings. The predicted octanol–water partition coefficient (Wildman–Crippen LogP) is 4.99. The Morgan fingerprint density at radius 1 is 1.33 bits per heavy atom. The highest BCUT2D eigenvalue weighted by Crippen LogP contribution is 2.44. The topological polar surface area (TPSA) is 21.3 Å². The molecule has 18 heavy (non-hydrogen) atoms. The van der Waals surface area contributed by atoms with Crippen LogP contribution in [0.1, 0.15) is 17.9 Å². The third-order valence-electron chi connectivity index (χ3n) is 2.91. The van der Waals surface area contributed by atoms with E-state index in [0.29, 0.717) is 15.8 Å². The first-order chi connectivity index (χ1) is 8.65. The molecule has 1 N–H and O–H groups in total. The first-order valence-electron chi connectivity index (χ1n) is 5.61. The Balaban J connectivity index is 2.01. The zero-order valence-electron chi connectivity index (χ0n) is 9.61. The van der Waals surface area contributed by atoms with Crippen LogP contribution in [-0.2, 0) is 0 Å². The van der Waals surface area contributed by atoms with E-state index in [0.717, 1.165) is 5.69 Å². The molecule has 0 aliphatic carbocycles. The van der Waals surface area contributed by atoms with Crippen molar-refractivity contribution in [3.8, 4) is 5.75 Å². The van der Waals surface area contributed by atoms with Crippen molar-refractivity contribution in [1.82, 2.24) is 0 Å². The number of anilines is 1. The van der Waals surface area contributed by atoms with Gasteiger partial charge in [-0.3, -0.25) is 0 Å². The van der Waals surface area contributed by atoms with E-state index in [1.54, 1.807) is 17.4 Å². The number of rotatable bonds is 1. The van der Waals surface area contributed by atoms with Crippen LogP contribution in [0.2, 0.25) is 10.0 Å². The fourth-order valence-electron chi connectivity index (χ4n) is 2.09. The fraction of sp³-hybridized carbons (Fsp3) is 0.231. The molecule has 0 amide bonds. The van der Waals surface area contributed by atoms with Gasteiger partial charge in [0.15, 0.2) is 11.9 Å². The molecule has 1 aliphatic heterocycles. The Kier molecular flexibility index (Phi) is 3.14.